The zero-order valence-electron chi connectivity index (χ0n) is 11.2. The molecule has 1 amide bonds. The third kappa shape index (κ3) is 3.60. The second kappa shape index (κ2) is 6.71. The SMILES string of the molecule is Cl.O=C(Nc1ccc(-c2cnco2)cc1)C1CC(O)CN1. The van der Waals surface area contributed by atoms with Crippen molar-refractivity contribution >= 4 is 24.0 Å². The predicted molar refractivity (Wildman–Crippen MR) is 80.2 cm³/mol. The Kier molecular flexibility index (Phi) is 4.95. The van der Waals surface area contributed by atoms with Crippen LogP contribution in [0.5, 0.6) is 0 Å². The predicted octanol–water partition coefficient (Wildman–Crippen LogP) is 1.42. The first-order chi connectivity index (χ1) is 9.72. The number of amides is 1. The summed E-state index contributed by atoms with van der Waals surface area (Å²) in [7, 11) is 0. The van der Waals surface area contributed by atoms with E-state index in [0.717, 1.165) is 5.56 Å². The highest BCUT2D eigenvalue weighted by Crippen LogP contribution is 2.21. The average Bonchev–Trinajstić information content (AvgIpc) is 3.10. The van der Waals surface area contributed by atoms with Gasteiger partial charge in [0.1, 0.15) is 0 Å². The number of aliphatic hydroxyl groups excluding tert-OH is 1. The lowest BCUT2D eigenvalue weighted by molar-refractivity contribution is -0.117. The van der Waals surface area contributed by atoms with E-state index in [0.29, 0.717) is 24.4 Å². The molecule has 6 nitrogen and oxygen atoms in total. The smallest absolute Gasteiger partial charge is 0.241 e. The van der Waals surface area contributed by atoms with Crippen LogP contribution >= 0.6 is 12.4 Å². The van der Waals surface area contributed by atoms with Gasteiger partial charge in [-0.25, -0.2) is 4.98 Å². The topological polar surface area (TPSA) is 87.4 Å². The number of oxazole rings is 1. The van der Waals surface area contributed by atoms with Crippen LogP contribution in [0.2, 0.25) is 0 Å². The largest absolute Gasteiger partial charge is 0.444 e. The number of anilines is 1. The maximum atomic E-state index is 12.0. The van der Waals surface area contributed by atoms with Crippen LogP contribution in [-0.2, 0) is 4.79 Å². The minimum Gasteiger partial charge on any atom is -0.444 e. The van der Waals surface area contributed by atoms with Crippen molar-refractivity contribution in [2.75, 3.05) is 11.9 Å². The highest BCUT2D eigenvalue weighted by Gasteiger charge is 2.27. The summed E-state index contributed by atoms with van der Waals surface area (Å²) in [4.78, 5) is 15.8. The summed E-state index contributed by atoms with van der Waals surface area (Å²) in [6.45, 7) is 0.461. The minimum absolute atomic E-state index is 0. The van der Waals surface area contributed by atoms with Crippen LogP contribution in [0.1, 0.15) is 6.42 Å². The van der Waals surface area contributed by atoms with Crippen LogP contribution in [0.3, 0.4) is 0 Å². The molecular weight excluding hydrogens is 294 g/mol. The third-order valence-electron chi connectivity index (χ3n) is 3.29. The lowest BCUT2D eigenvalue weighted by Gasteiger charge is -2.11. The second-order valence-corrected chi connectivity index (χ2v) is 4.78. The summed E-state index contributed by atoms with van der Waals surface area (Å²) in [6.07, 6.45) is 3.01. The second-order valence-electron chi connectivity index (χ2n) is 4.78. The van der Waals surface area contributed by atoms with Crippen LogP contribution < -0.4 is 10.6 Å². The molecule has 0 radical (unpaired) electrons. The fraction of sp³-hybridized carbons (Fsp3) is 0.286. The van der Waals surface area contributed by atoms with Crippen LogP contribution in [-0.4, -0.2) is 34.7 Å². The Hall–Kier alpha value is -1.89. The van der Waals surface area contributed by atoms with Gasteiger partial charge in [0.25, 0.3) is 0 Å². The van der Waals surface area contributed by atoms with Gasteiger partial charge in [-0.15, -0.1) is 12.4 Å². The lowest BCUT2D eigenvalue weighted by atomic mass is 10.1. The number of halogens is 1. The molecule has 3 N–H and O–H groups in total. The van der Waals surface area contributed by atoms with E-state index < -0.39 is 6.10 Å². The van der Waals surface area contributed by atoms with Gasteiger partial charge in [0, 0.05) is 17.8 Å². The molecule has 0 saturated carbocycles. The molecule has 0 aliphatic carbocycles. The van der Waals surface area contributed by atoms with Crippen LogP contribution in [0.4, 0.5) is 5.69 Å². The van der Waals surface area contributed by atoms with E-state index in [9.17, 15) is 9.90 Å². The minimum atomic E-state index is -0.445. The Morgan fingerprint density at radius 1 is 1.38 bits per heavy atom. The Bertz CT molecular complexity index is 586. The van der Waals surface area contributed by atoms with Crippen LogP contribution in [0, 0.1) is 0 Å². The Balaban J connectivity index is 0.00000161. The number of carbonyl (C=O) groups is 1. The molecule has 0 bridgehead atoms. The van der Waals surface area contributed by atoms with Gasteiger partial charge in [0.15, 0.2) is 12.2 Å². The van der Waals surface area contributed by atoms with Crippen molar-refractivity contribution in [2.45, 2.75) is 18.6 Å². The number of nitrogens with zero attached hydrogens (tertiary/aromatic N) is 1. The number of nitrogens with one attached hydrogen (secondary N) is 2. The molecule has 3 rings (SSSR count). The molecule has 1 aliphatic heterocycles. The quantitative estimate of drug-likeness (QED) is 0.798. The molecule has 1 fully saturated rings. The summed E-state index contributed by atoms with van der Waals surface area (Å²) in [5.74, 6) is 0.553. The molecule has 0 spiro atoms. The van der Waals surface area contributed by atoms with Gasteiger partial charge < -0.3 is 20.2 Å². The highest BCUT2D eigenvalue weighted by molar-refractivity contribution is 5.95. The summed E-state index contributed by atoms with van der Waals surface area (Å²) in [6, 6.07) is 6.99. The average molecular weight is 310 g/mol. The molecule has 7 heteroatoms. The number of hydrogen-bond donors (Lipinski definition) is 3. The Morgan fingerprint density at radius 2 is 2.14 bits per heavy atom. The van der Waals surface area contributed by atoms with Gasteiger partial charge in [0.2, 0.25) is 5.91 Å². The molecule has 112 valence electrons. The molecule has 2 aromatic rings. The van der Waals surface area contributed by atoms with E-state index in [4.69, 9.17) is 4.42 Å². The van der Waals surface area contributed by atoms with E-state index >= 15 is 0 Å². The zero-order chi connectivity index (χ0) is 13.9. The number of carbonyl (C=O) groups excluding carboxylic acids is 1. The van der Waals surface area contributed by atoms with Crippen LogP contribution in [0.25, 0.3) is 11.3 Å². The molecule has 2 atom stereocenters. The van der Waals surface area contributed by atoms with Crippen molar-refractivity contribution in [3.8, 4) is 11.3 Å². The third-order valence-corrected chi connectivity index (χ3v) is 3.29. The highest BCUT2D eigenvalue weighted by atomic mass is 35.5. The first kappa shape index (κ1) is 15.5. The monoisotopic (exact) mass is 309 g/mol. The van der Waals surface area contributed by atoms with Crippen molar-refractivity contribution in [1.29, 1.82) is 0 Å². The number of aliphatic hydroxyl groups is 1. The van der Waals surface area contributed by atoms with Crippen molar-refractivity contribution in [2.24, 2.45) is 0 Å². The van der Waals surface area contributed by atoms with Gasteiger partial charge >= 0.3 is 0 Å². The van der Waals surface area contributed by atoms with Crippen LogP contribution in [0.15, 0.2) is 41.3 Å². The summed E-state index contributed by atoms with van der Waals surface area (Å²) < 4.78 is 5.20. The maximum absolute atomic E-state index is 12.0. The lowest BCUT2D eigenvalue weighted by Crippen LogP contribution is -2.35. The van der Waals surface area contributed by atoms with Crippen molar-refractivity contribution in [3.05, 3.63) is 36.9 Å². The van der Waals surface area contributed by atoms with Crippen molar-refractivity contribution < 1.29 is 14.3 Å². The molecule has 2 heterocycles. The molecule has 1 saturated heterocycles. The summed E-state index contributed by atoms with van der Waals surface area (Å²) in [5.41, 5.74) is 1.61. The molecule has 2 unspecified atom stereocenters. The number of aromatic nitrogens is 1. The number of rotatable bonds is 3. The summed E-state index contributed by atoms with van der Waals surface area (Å²) in [5, 5.41) is 15.2. The van der Waals surface area contributed by atoms with Gasteiger partial charge in [-0.3, -0.25) is 4.79 Å². The number of benzene rings is 1. The van der Waals surface area contributed by atoms with Gasteiger partial charge in [-0.1, -0.05) is 0 Å². The molecule has 1 aromatic heterocycles. The summed E-state index contributed by atoms with van der Waals surface area (Å²) >= 11 is 0. The fourth-order valence-corrected chi connectivity index (χ4v) is 2.22. The van der Waals surface area contributed by atoms with Gasteiger partial charge in [-0.05, 0) is 30.7 Å². The molecular formula is C14H16ClN3O3. The maximum Gasteiger partial charge on any atom is 0.241 e. The number of hydrogen-bond acceptors (Lipinski definition) is 5. The van der Waals surface area contributed by atoms with Gasteiger partial charge in [-0.2, -0.15) is 0 Å². The number of β-amino-alcohol motifs (C(OH)–C–C–N with tert-alkyl or cyclic N) is 1. The zero-order valence-corrected chi connectivity index (χ0v) is 12.0. The van der Waals surface area contributed by atoms with E-state index in [1.807, 2.05) is 12.1 Å². The van der Waals surface area contributed by atoms with E-state index in [1.54, 1.807) is 18.3 Å². The molecule has 21 heavy (non-hydrogen) atoms. The Labute approximate surface area is 128 Å². The van der Waals surface area contributed by atoms with Crippen molar-refractivity contribution in [3.63, 3.8) is 0 Å². The van der Waals surface area contributed by atoms with E-state index in [2.05, 4.69) is 15.6 Å². The normalized spacial score (nSPS) is 20.8. The standard InChI is InChI=1S/C14H15N3O3.ClH/c18-11-5-12(16-6-11)14(19)17-10-3-1-9(2-4-10)13-7-15-8-20-13;/h1-4,7-8,11-12,16,18H,5-6H2,(H,17,19);1H. The van der Waals surface area contributed by atoms with E-state index in [-0.39, 0.29) is 24.4 Å². The van der Waals surface area contributed by atoms with Gasteiger partial charge in [0.05, 0.1) is 18.3 Å². The first-order valence-corrected chi connectivity index (χ1v) is 6.43. The fourth-order valence-electron chi connectivity index (χ4n) is 2.22. The molecule has 1 aromatic carbocycles. The Morgan fingerprint density at radius 3 is 2.71 bits per heavy atom. The van der Waals surface area contributed by atoms with Crippen molar-refractivity contribution in [1.82, 2.24) is 10.3 Å². The first-order valence-electron chi connectivity index (χ1n) is 6.43. The van der Waals surface area contributed by atoms with E-state index in [1.165, 1.54) is 6.39 Å². The molecule has 1 aliphatic rings.